The van der Waals surface area contributed by atoms with Crippen molar-refractivity contribution in [2.75, 3.05) is 26.4 Å². The standard InChI is InChI=1S/C42H74NO8P/c1-3-5-7-9-11-13-15-17-19-20-21-23-24-26-28-30-32-34-41(44)48-38-40(39-50-52(46,47)49-37-36-43)51-42(45)35-33-31-29-27-25-22-18-16-14-12-10-8-6-4-2/h11,13,16-19,21,23,26,28,40H,3-10,12,14-15,20,22,24-25,27,29-39,43H2,1-2H3,(H,46,47)/b13-11+,18-16+,19-17+,23-21+,28-26+/t40-/m1/s1. The molecule has 300 valence electrons. The number of esters is 2. The smallest absolute Gasteiger partial charge is 0.462 e. The summed E-state index contributed by atoms with van der Waals surface area (Å²) in [5.41, 5.74) is 5.33. The van der Waals surface area contributed by atoms with Gasteiger partial charge in [-0.05, 0) is 77.0 Å². The molecule has 0 heterocycles. The van der Waals surface area contributed by atoms with Crippen molar-refractivity contribution in [3.05, 3.63) is 60.8 Å². The summed E-state index contributed by atoms with van der Waals surface area (Å²) in [5.74, 6) is -0.909. The van der Waals surface area contributed by atoms with Gasteiger partial charge in [0.15, 0.2) is 6.10 Å². The highest BCUT2D eigenvalue weighted by atomic mass is 31.2. The molecule has 10 heteroatoms. The van der Waals surface area contributed by atoms with Gasteiger partial charge >= 0.3 is 19.8 Å². The number of carbonyl (C=O) groups excluding carboxylic acids is 2. The third-order valence-corrected chi connectivity index (χ3v) is 9.11. The van der Waals surface area contributed by atoms with E-state index in [0.29, 0.717) is 12.8 Å². The van der Waals surface area contributed by atoms with E-state index in [1.54, 1.807) is 0 Å². The van der Waals surface area contributed by atoms with E-state index in [2.05, 4.69) is 68.5 Å². The van der Waals surface area contributed by atoms with Gasteiger partial charge in [0.25, 0.3) is 0 Å². The molecule has 0 rings (SSSR count). The zero-order valence-electron chi connectivity index (χ0n) is 32.8. The van der Waals surface area contributed by atoms with E-state index in [1.165, 1.54) is 64.2 Å². The van der Waals surface area contributed by atoms with Crippen LogP contribution < -0.4 is 5.73 Å². The van der Waals surface area contributed by atoms with Gasteiger partial charge in [-0.3, -0.25) is 18.6 Å². The molecule has 0 saturated carbocycles. The first-order valence-corrected chi connectivity index (χ1v) is 21.8. The van der Waals surface area contributed by atoms with Gasteiger partial charge < -0.3 is 20.1 Å². The molecule has 0 saturated heterocycles. The quantitative estimate of drug-likeness (QED) is 0.0275. The molecule has 52 heavy (non-hydrogen) atoms. The number of hydrogen-bond acceptors (Lipinski definition) is 8. The molecule has 0 aromatic heterocycles. The van der Waals surface area contributed by atoms with Crippen LogP contribution in [0.3, 0.4) is 0 Å². The average molecular weight is 752 g/mol. The van der Waals surface area contributed by atoms with Crippen molar-refractivity contribution in [3.63, 3.8) is 0 Å². The Hall–Kier alpha value is -2.29. The molecule has 0 radical (unpaired) electrons. The first-order valence-electron chi connectivity index (χ1n) is 20.3. The number of unbranched alkanes of at least 4 members (excludes halogenated alkanes) is 14. The van der Waals surface area contributed by atoms with Crippen molar-refractivity contribution < 1.29 is 37.6 Å². The Morgan fingerprint density at radius 1 is 0.577 bits per heavy atom. The molecule has 0 aliphatic carbocycles. The van der Waals surface area contributed by atoms with Gasteiger partial charge in [0.1, 0.15) is 6.61 Å². The van der Waals surface area contributed by atoms with Crippen LogP contribution in [0.15, 0.2) is 60.8 Å². The fourth-order valence-corrected chi connectivity index (χ4v) is 5.86. The Kier molecular flexibility index (Phi) is 36.7. The van der Waals surface area contributed by atoms with E-state index in [-0.39, 0.29) is 32.6 Å². The molecule has 0 aliphatic heterocycles. The van der Waals surface area contributed by atoms with Crippen molar-refractivity contribution in [2.24, 2.45) is 5.73 Å². The summed E-state index contributed by atoms with van der Waals surface area (Å²) in [5, 5.41) is 0. The first kappa shape index (κ1) is 49.7. The molecule has 0 fully saturated rings. The Morgan fingerprint density at radius 3 is 1.60 bits per heavy atom. The molecule has 0 aromatic carbocycles. The molecule has 2 atom stereocenters. The minimum Gasteiger partial charge on any atom is -0.462 e. The van der Waals surface area contributed by atoms with Crippen molar-refractivity contribution in [1.82, 2.24) is 0 Å². The zero-order chi connectivity index (χ0) is 38.2. The second-order valence-electron chi connectivity index (χ2n) is 13.1. The Balaban J connectivity index is 4.32. The lowest BCUT2D eigenvalue weighted by molar-refractivity contribution is -0.161. The summed E-state index contributed by atoms with van der Waals surface area (Å²) in [7, 11) is -4.39. The van der Waals surface area contributed by atoms with E-state index >= 15 is 0 Å². The molecular formula is C42H74NO8P. The van der Waals surface area contributed by atoms with Crippen LogP contribution >= 0.6 is 7.82 Å². The van der Waals surface area contributed by atoms with Gasteiger partial charge in [-0.15, -0.1) is 0 Å². The highest BCUT2D eigenvalue weighted by Gasteiger charge is 2.25. The number of allylic oxidation sites excluding steroid dienone is 10. The summed E-state index contributed by atoms with van der Waals surface area (Å²) < 4.78 is 32.6. The van der Waals surface area contributed by atoms with Gasteiger partial charge in [0, 0.05) is 19.4 Å². The lowest BCUT2D eigenvalue weighted by atomic mass is 10.1. The fourth-order valence-electron chi connectivity index (χ4n) is 5.09. The summed E-state index contributed by atoms with van der Waals surface area (Å²) in [6.45, 7) is 3.60. The highest BCUT2D eigenvalue weighted by molar-refractivity contribution is 7.47. The Bertz CT molecular complexity index is 1040. The summed E-state index contributed by atoms with van der Waals surface area (Å²) >= 11 is 0. The van der Waals surface area contributed by atoms with Crippen LogP contribution in [0, 0.1) is 0 Å². The predicted octanol–water partition coefficient (Wildman–Crippen LogP) is 11.3. The molecule has 1 unspecified atom stereocenters. The fraction of sp³-hybridized carbons (Fsp3) is 0.714. The minimum absolute atomic E-state index is 0.0426. The molecule has 0 aliphatic rings. The second kappa shape index (κ2) is 38.4. The first-order chi connectivity index (χ1) is 25.3. The van der Waals surface area contributed by atoms with Crippen molar-refractivity contribution >= 4 is 19.8 Å². The molecule has 0 aromatic rings. The number of ether oxygens (including phenoxy) is 2. The van der Waals surface area contributed by atoms with Gasteiger partial charge in [-0.1, -0.05) is 132 Å². The predicted molar refractivity (Wildman–Crippen MR) is 215 cm³/mol. The summed E-state index contributed by atoms with van der Waals surface area (Å²) in [6.07, 6.45) is 44.0. The number of hydrogen-bond donors (Lipinski definition) is 2. The summed E-state index contributed by atoms with van der Waals surface area (Å²) in [6, 6.07) is 0. The van der Waals surface area contributed by atoms with Gasteiger partial charge in [0.2, 0.25) is 0 Å². The number of carbonyl (C=O) groups is 2. The molecule has 0 amide bonds. The number of nitrogens with two attached hydrogens (primary N) is 1. The second-order valence-corrected chi connectivity index (χ2v) is 14.6. The molecule has 3 N–H and O–H groups in total. The third kappa shape index (κ3) is 37.5. The van der Waals surface area contributed by atoms with Crippen LogP contribution in [0.2, 0.25) is 0 Å². The topological polar surface area (TPSA) is 134 Å². The van der Waals surface area contributed by atoms with E-state index in [0.717, 1.165) is 57.8 Å². The van der Waals surface area contributed by atoms with Crippen molar-refractivity contribution in [2.45, 2.75) is 168 Å². The largest absolute Gasteiger partial charge is 0.472 e. The van der Waals surface area contributed by atoms with E-state index in [4.69, 9.17) is 24.3 Å². The number of rotatable bonds is 37. The molecule has 0 spiro atoms. The maximum atomic E-state index is 12.5. The number of phosphoric acid groups is 1. The van der Waals surface area contributed by atoms with Crippen molar-refractivity contribution in [1.29, 1.82) is 0 Å². The minimum atomic E-state index is -4.39. The van der Waals surface area contributed by atoms with E-state index in [1.807, 2.05) is 6.08 Å². The Morgan fingerprint density at radius 2 is 1.02 bits per heavy atom. The maximum Gasteiger partial charge on any atom is 0.472 e. The summed E-state index contributed by atoms with van der Waals surface area (Å²) in [4.78, 5) is 34.7. The third-order valence-electron chi connectivity index (χ3n) is 8.13. The lowest BCUT2D eigenvalue weighted by Gasteiger charge is -2.19. The van der Waals surface area contributed by atoms with Crippen LogP contribution in [0.1, 0.15) is 162 Å². The molecular weight excluding hydrogens is 677 g/mol. The van der Waals surface area contributed by atoms with Gasteiger partial charge in [0.05, 0.1) is 13.2 Å². The van der Waals surface area contributed by atoms with Crippen LogP contribution in [0.25, 0.3) is 0 Å². The molecule has 0 bridgehead atoms. The normalized spacial score (nSPS) is 14.0. The van der Waals surface area contributed by atoms with Crippen LogP contribution in [-0.4, -0.2) is 49.3 Å². The van der Waals surface area contributed by atoms with E-state index in [9.17, 15) is 19.0 Å². The van der Waals surface area contributed by atoms with Crippen LogP contribution in [-0.2, 0) is 32.7 Å². The van der Waals surface area contributed by atoms with Crippen LogP contribution in [0.4, 0.5) is 0 Å². The molecule has 9 nitrogen and oxygen atoms in total. The maximum absolute atomic E-state index is 12.5. The van der Waals surface area contributed by atoms with Gasteiger partial charge in [-0.2, -0.15) is 0 Å². The van der Waals surface area contributed by atoms with Gasteiger partial charge in [-0.25, -0.2) is 4.57 Å². The highest BCUT2D eigenvalue weighted by Crippen LogP contribution is 2.43. The SMILES string of the molecule is CCCCC/C=C/C/C=C/C/C=C/C/C=C/CCCC(=O)OC[C@H](COP(=O)(O)OCCN)OC(=O)CCCCCCC/C=C/CCCCCCC. The van der Waals surface area contributed by atoms with E-state index < -0.39 is 32.5 Å². The monoisotopic (exact) mass is 752 g/mol. The average Bonchev–Trinajstić information content (AvgIpc) is 3.13. The zero-order valence-corrected chi connectivity index (χ0v) is 33.7. The number of phosphoric ester groups is 1. The van der Waals surface area contributed by atoms with Crippen LogP contribution in [0.5, 0.6) is 0 Å². The van der Waals surface area contributed by atoms with Crippen molar-refractivity contribution in [3.8, 4) is 0 Å². The lowest BCUT2D eigenvalue weighted by Crippen LogP contribution is -2.29. The Labute approximate surface area is 317 Å².